The van der Waals surface area contributed by atoms with Crippen molar-refractivity contribution in [2.75, 3.05) is 26.7 Å². The second kappa shape index (κ2) is 8.03. The van der Waals surface area contributed by atoms with Crippen LogP contribution in [0.3, 0.4) is 0 Å². The zero-order valence-corrected chi connectivity index (χ0v) is 13.2. The van der Waals surface area contributed by atoms with Crippen molar-refractivity contribution in [3.05, 3.63) is 35.9 Å². The van der Waals surface area contributed by atoms with Gasteiger partial charge in [-0.3, -0.25) is 4.99 Å². The predicted octanol–water partition coefficient (Wildman–Crippen LogP) is 2.35. The van der Waals surface area contributed by atoms with Crippen molar-refractivity contribution in [3.8, 4) is 0 Å². The van der Waals surface area contributed by atoms with Gasteiger partial charge in [-0.05, 0) is 38.2 Å². The summed E-state index contributed by atoms with van der Waals surface area (Å²) < 4.78 is 5.77. The maximum Gasteiger partial charge on any atom is 0.191 e. The zero-order valence-electron chi connectivity index (χ0n) is 13.2. The van der Waals surface area contributed by atoms with Gasteiger partial charge in [-0.15, -0.1) is 0 Å². The molecule has 21 heavy (non-hydrogen) atoms. The van der Waals surface area contributed by atoms with Crippen LogP contribution < -0.4 is 10.6 Å². The lowest BCUT2D eigenvalue weighted by Crippen LogP contribution is -2.45. The highest BCUT2D eigenvalue weighted by Crippen LogP contribution is 2.23. The third-order valence-corrected chi connectivity index (χ3v) is 3.93. The van der Waals surface area contributed by atoms with E-state index in [0.717, 1.165) is 51.3 Å². The Morgan fingerprint density at radius 1 is 1.29 bits per heavy atom. The highest BCUT2D eigenvalue weighted by atomic mass is 16.5. The van der Waals surface area contributed by atoms with Crippen LogP contribution in [0.4, 0.5) is 0 Å². The number of aliphatic imine (C=N–C) groups is 1. The fraction of sp³-hybridized carbons (Fsp3) is 0.588. The topological polar surface area (TPSA) is 45.7 Å². The minimum atomic E-state index is -0.0400. The number of hydrogen-bond donors (Lipinski definition) is 2. The molecule has 2 N–H and O–H groups in total. The number of ether oxygens (including phenoxy) is 1. The Hall–Kier alpha value is -1.55. The van der Waals surface area contributed by atoms with Crippen LogP contribution in [0.1, 0.15) is 31.7 Å². The first-order chi connectivity index (χ1) is 10.2. The van der Waals surface area contributed by atoms with E-state index in [1.165, 1.54) is 5.56 Å². The minimum absolute atomic E-state index is 0.0400. The zero-order chi connectivity index (χ0) is 15.0. The summed E-state index contributed by atoms with van der Waals surface area (Å²) in [7, 11) is 1.81. The smallest absolute Gasteiger partial charge is 0.191 e. The Bertz CT molecular complexity index is 439. The van der Waals surface area contributed by atoms with E-state index in [-0.39, 0.29) is 5.60 Å². The van der Waals surface area contributed by atoms with Gasteiger partial charge in [0.25, 0.3) is 0 Å². The normalized spacial score (nSPS) is 22.3. The van der Waals surface area contributed by atoms with Gasteiger partial charge in [0.05, 0.1) is 5.60 Å². The maximum atomic E-state index is 5.77. The number of aryl methyl sites for hydroxylation is 1. The van der Waals surface area contributed by atoms with Crippen LogP contribution in [0.5, 0.6) is 0 Å². The molecule has 1 aliphatic rings. The van der Waals surface area contributed by atoms with Crippen molar-refractivity contribution in [1.82, 2.24) is 10.6 Å². The van der Waals surface area contributed by atoms with Crippen LogP contribution >= 0.6 is 0 Å². The van der Waals surface area contributed by atoms with Gasteiger partial charge in [0, 0.05) is 26.7 Å². The molecule has 4 nitrogen and oxygen atoms in total. The van der Waals surface area contributed by atoms with Crippen molar-refractivity contribution in [2.45, 2.75) is 38.2 Å². The second-order valence-corrected chi connectivity index (χ2v) is 5.84. The molecule has 0 aliphatic carbocycles. The van der Waals surface area contributed by atoms with Crippen molar-refractivity contribution in [3.63, 3.8) is 0 Å². The molecule has 116 valence electrons. The summed E-state index contributed by atoms with van der Waals surface area (Å²) in [5.74, 6) is 0.861. The first-order valence-corrected chi connectivity index (χ1v) is 7.84. The van der Waals surface area contributed by atoms with Crippen LogP contribution in [-0.2, 0) is 11.2 Å². The van der Waals surface area contributed by atoms with Crippen LogP contribution in [0, 0.1) is 0 Å². The average molecular weight is 289 g/mol. The van der Waals surface area contributed by atoms with Crippen molar-refractivity contribution < 1.29 is 4.74 Å². The number of nitrogens with zero attached hydrogens (tertiary/aromatic N) is 1. The molecule has 1 unspecified atom stereocenters. The maximum absolute atomic E-state index is 5.77. The van der Waals surface area contributed by atoms with Crippen molar-refractivity contribution in [1.29, 1.82) is 0 Å². The Morgan fingerprint density at radius 3 is 2.76 bits per heavy atom. The standard InChI is InChI=1S/C17H27N3O/c1-17(11-7-13-21-17)14-20-16(18-2)19-12-6-10-15-8-4-3-5-9-15/h3-5,8-9H,6-7,10-14H2,1-2H3,(H2,18,19,20). The monoisotopic (exact) mass is 289 g/mol. The van der Waals surface area contributed by atoms with Gasteiger partial charge in [0.1, 0.15) is 0 Å². The molecule has 1 atom stereocenters. The van der Waals surface area contributed by atoms with Crippen LogP contribution in [0.2, 0.25) is 0 Å². The van der Waals surface area contributed by atoms with Crippen LogP contribution in [-0.4, -0.2) is 38.3 Å². The minimum Gasteiger partial charge on any atom is -0.373 e. The van der Waals surface area contributed by atoms with Gasteiger partial charge in [0.15, 0.2) is 5.96 Å². The molecule has 0 radical (unpaired) electrons. The fourth-order valence-electron chi connectivity index (χ4n) is 2.61. The lowest BCUT2D eigenvalue weighted by molar-refractivity contribution is 0.0243. The first kappa shape index (κ1) is 15.8. The molecule has 1 aromatic carbocycles. The molecule has 0 bridgehead atoms. The van der Waals surface area contributed by atoms with E-state index in [1.54, 1.807) is 0 Å². The van der Waals surface area contributed by atoms with E-state index in [2.05, 4.69) is 52.9 Å². The quantitative estimate of drug-likeness (QED) is 0.480. The van der Waals surface area contributed by atoms with E-state index in [9.17, 15) is 0 Å². The lowest BCUT2D eigenvalue weighted by atomic mass is 10.0. The Morgan fingerprint density at radius 2 is 2.10 bits per heavy atom. The lowest BCUT2D eigenvalue weighted by Gasteiger charge is -2.24. The van der Waals surface area contributed by atoms with Gasteiger partial charge in [-0.2, -0.15) is 0 Å². The van der Waals surface area contributed by atoms with E-state index >= 15 is 0 Å². The SMILES string of the molecule is CN=C(NCCCc1ccccc1)NCC1(C)CCCO1. The van der Waals surface area contributed by atoms with Crippen LogP contribution in [0.25, 0.3) is 0 Å². The summed E-state index contributed by atoms with van der Waals surface area (Å²) in [5.41, 5.74) is 1.34. The molecular weight excluding hydrogens is 262 g/mol. The number of hydrogen-bond acceptors (Lipinski definition) is 2. The molecule has 1 fully saturated rings. The summed E-state index contributed by atoms with van der Waals surface area (Å²) >= 11 is 0. The molecule has 0 aromatic heterocycles. The molecule has 0 spiro atoms. The van der Waals surface area contributed by atoms with Gasteiger partial charge >= 0.3 is 0 Å². The molecule has 1 heterocycles. The van der Waals surface area contributed by atoms with Crippen molar-refractivity contribution >= 4 is 5.96 Å². The molecule has 2 rings (SSSR count). The third-order valence-electron chi connectivity index (χ3n) is 3.93. The van der Waals surface area contributed by atoms with Gasteiger partial charge in [-0.1, -0.05) is 30.3 Å². The van der Waals surface area contributed by atoms with E-state index < -0.39 is 0 Å². The summed E-state index contributed by atoms with van der Waals surface area (Å²) in [6.45, 7) is 4.77. The molecule has 1 aliphatic heterocycles. The Kier molecular flexibility index (Phi) is 6.05. The molecule has 0 saturated carbocycles. The number of nitrogens with one attached hydrogen (secondary N) is 2. The summed E-state index contributed by atoms with van der Waals surface area (Å²) in [6.07, 6.45) is 4.45. The van der Waals surface area contributed by atoms with E-state index in [4.69, 9.17) is 4.74 Å². The highest BCUT2D eigenvalue weighted by Gasteiger charge is 2.29. The van der Waals surface area contributed by atoms with Gasteiger partial charge in [0.2, 0.25) is 0 Å². The summed E-state index contributed by atoms with van der Waals surface area (Å²) in [4.78, 5) is 4.26. The predicted molar refractivity (Wildman–Crippen MR) is 87.7 cm³/mol. The van der Waals surface area contributed by atoms with Crippen molar-refractivity contribution in [2.24, 2.45) is 4.99 Å². The second-order valence-electron chi connectivity index (χ2n) is 5.84. The van der Waals surface area contributed by atoms with Gasteiger partial charge in [-0.25, -0.2) is 0 Å². The fourth-order valence-corrected chi connectivity index (χ4v) is 2.61. The largest absolute Gasteiger partial charge is 0.373 e. The summed E-state index contributed by atoms with van der Waals surface area (Å²) in [5, 5.41) is 6.73. The molecule has 4 heteroatoms. The summed E-state index contributed by atoms with van der Waals surface area (Å²) in [6, 6.07) is 10.6. The first-order valence-electron chi connectivity index (χ1n) is 7.84. The number of guanidine groups is 1. The third kappa shape index (κ3) is 5.38. The van der Waals surface area contributed by atoms with E-state index in [0.29, 0.717) is 0 Å². The molecule has 1 aromatic rings. The van der Waals surface area contributed by atoms with Gasteiger partial charge < -0.3 is 15.4 Å². The number of benzene rings is 1. The Labute approximate surface area is 128 Å². The highest BCUT2D eigenvalue weighted by molar-refractivity contribution is 5.79. The molecule has 1 saturated heterocycles. The van der Waals surface area contributed by atoms with E-state index in [1.807, 2.05) is 7.05 Å². The average Bonchev–Trinajstić information content (AvgIpc) is 2.95. The molecular formula is C17H27N3O. The molecule has 0 amide bonds. The number of rotatable bonds is 6. The van der Waals surface area contributed by atoms with Crippen LogP contribution in [0.15, 0.2) is 35.3 Å². The Balaban J connectivity index is 1.64.